The zero-order valence-electron chi connectivity index (χ0n) is 17.5. The zero-order chi connectivity index (χ0) is 21.5. The maximum atomic E-state index is 12.8. The van der Waals surface area contributed by atoms with Crippen molar-refractivity contribution in [2.75, 3.05) is 39.0 Å². The van der Waals surface area contributed by atoms with Gasteiger partial charge in [0.15, 0.2) is 0 Å². The van der Waals surface area contributed by atoms with Crippen LogP contribution in [0.4, 0.5) is 10.5 Å². The summed E-state index contributed by atoms with van der Waals surface area (Å²) in [5, 5.41) is 6.66. The zero-order valence-corrected chi connectivity index (χ0v) is 18.2. The van der Waals surface area contributed by atoms with E-state index in [0.29, 0.717) is 24.7 Å². The lowest BCUT2D eigenvalue weighted by atomic mass is 9.97. The van der Waals surface area contributed by atoms with Crippen LogP contribution in [0.1, 0.15) is 24.4 Å². The second kappa shape index (κ2) is 10.5. The van der Waals surface area contributed by atoms with E-state index in [2.05, 4.69) is 10.6 Å². The molecule has 1 aliphatic rings. The molecule has 0 aliphatic carbocycles. The second-order valence-corrected chi connectivity index (χ2v) is 8.23. The molecule has 3 amide bonds. The summed E-state index contributed by atoms with van der Waals surface area (Å²) in [6, 6.07) is 16.9. The van der Waals surface area contributed by atoms with Crippen LogP contribution in [0.5, 0.6) is 0 Å². The molecular formula is C23H29ClN4O2. The number of carbonyl (C=O) groups excluding carboxylic acids is 2. The second-order valence-electron chi connectivity index (χ2n) is 7.83. The summed E-state index contributed by atoms with van der Waals surface area (Å²) >= 11 is 6.36. The first-order valence-electron chi connectivity index (χ1n) is 10.2. The number of urea groups is 1. The lowest BCUT2D eigenvalue weighted by Gasteiger charge is -2.33. The SMILES string of the molecule is CN(C)C(CNC(=O)C1CCCN(C(=O)Nc2ccccc2)C1)c1ccccc1Cl. The first kappa shape index (κ1) is 22.1. The standard InChI is InChI=1S/C23H29ClN4O2/c1-27(2)21(19-12-6-7-13-20(19)24)15-25-22(29)17-9-8-14-28(16-17)23(30)26-18-10-4-3-5-11-18/h3-7,10-13,17,21H,8-9,14-16H2,1-2H3,(H,25,29)(H,26,30). The number of para-hydroxylation sites is 1. The number of likely N-dealkylation sites (N-methyl/N-ethyl adjacent to an activating group) is 1. The minimum absolute atomic E-state index is 0.0221. The van der Waals surface area contributed by atoms with Gasteiger partial charge in [-0.2, -0.15) is 0 Å². The van der Waals surface area contributed by atoms with Crippen molar-refractivity contribution in [3.8, 4) is 0 Å². The summed E-state index contributed by atoms with van der Waals surface area (Å²) in [7, 11) is 3.94. The fourth-order valence-electron chi connectivity index (χ4n) is 3.76. The third-order valence-corrected chi connectivity index (χ3v) is 5.81. The Bertz CT molecular complexity index is 859. The number of rotatable bonds is 6. The van der Waals surface area contributed by atoms with E-state index in [1.54, 1.807) is 4.90 Å². The number of anilines is 1. The van der Waals surface area contributed by atoms with E-state index >= 15 is 0 Å². The Morgan fingerprint density at radius 1 is 1.13 bits per heavy atom. The molecular weight excluding hydrogens is 400 g/mol. The Labute approximate surface area is 183 Å². The van der Waals surface area contributed by atoms with Gasteiger partial charge in [-0.1, -0.05) is 48.0 Å². The Morgan fingerprint density at radius 2 is 1.83 bits per heavy atom. The molecule has 2 N–H and O–H groups in total. The van der Waals surface area contributed by atoms with Gasteiger partial charge in [0.2, 0.25) is 5.91 Å². The van der Waals surface area contributed by atoms with Gasteiger partial charge in [0.05, 0.1) is 12.0 Å². The van der Waals surface area contributed by atoms with Crippen LogP contribution in [-0.2, 0) is 4.79 Å². The molecule has 1 fully saturated rings. The normalized spacial score (nSPS) is 17.5. The number of hydrogen-bond donors (Lipinski definition) is 2. The van der Waals surface area contributed by atoms with Gasteiger partial charge >= 0.3 is 6.03 Å². The van der Waals surface area contributed by atoms with Gasteiger partial charge in [-0.25, -0.2) is 4.79 Å². The topological polar surface area (TPSA) is 64.7 Å². The molecule has 1 aliphatic heterocycles. The Kier molecular flexibility index (Phi) is 7.71. The quantitative estimate of drug-likeness (QED) is 0.730. The molecule has 0 aromatic heterocycles. The van der Waals surface area contributed by atoms with Gasteiger partial charge in [0.25, 0.3) is 0 Å². The molecule has 1 heterocycles. The smallest absolute Gasteiger partial charge is 0.321 e. The van der Waals surface area contributed by atoms with Crippen LogP contribution in [0.2, 0.25) is 5.02 Å². The fourth-order valence-corrected chi connectivity index (χ4v) is 4.02. The highest BCUT2D eigenvalue weighted by Gasteiger charge is 2.29. The van der Waals surface area contributed by atoms with Crippen molar-refractivity contribution in [1.29, 1.82) is 0 Å². The number of halogens is 1. The summed E-state index contributed by atoms with van der Waals surface area (Å²) in [4.78, 5) is 29.2. The van der Waals surface area contributed by atoms with E-state index in [1.165, 1.54) is 0 Å². The molecule has 2 aromatic rings. The molecule has 30 heavy (non-hydrogen) atoms. The van der Waals surface area contributed by atoms with Crippen LogP contribution in [0, 0.1) is 5.92 Å². The molecule has 160 valence electrons. The van der Waals surface area contributed by atoms with Crippen molar-refractivity contribution in [2.24, 2.45) is 5.92 Å². The molecule has 2 atom stereocenters. The summed E-state index contributed by atoms with van der Waals surface area (Å²) in [6.07, 6.45) is 1.58. The molecule has 0 radical (unpaired) electrons. The van der Waals surface area contributed by atoms with E-state index in [-0.39, 0.29) is 23.9 Å². The third kappa shape index (κ3) is 5.74. The summed E-state index contributed by atoms with van der Waals surface area (Å²) in [5.41, 5.74) is 1.74. The summed E-state index contributed by atoms with van der Waals surface area (Å²) < 4.78 is 0. The highest BCUT2D eigenvalue weighted by atomic mass is 35.5. The minimum Gasteiger partial charge on any atom is -0.354 e. The minimum atomic E-state index is -0.214. The Morgan fingerprint density at radius 3 is 2.53 bits per heavy atom. The highest BCUT2D eigenvalue weighted by molar-refractivity contribution is 6.31. The highest BCUT2D eigenvalue weighted by Crippen LogP contribution is 2.26. The Balaban J connectivity index is 1.57. The first-order valence-corrected chi connectivity index (χ1v) is 10.6. The number of likely N-dealkylation sites (tertiary alicyclic amines) is 1. The molecule has 0 bridgehead atoms. The average molecular weight is 429 g/mol. The van der Waals surface area contributed by atoms with Crippen LogP contribution in [0.25, 0.3) is 0 Å². The van der Waals surface area contributed by atoms with Crippen molar-refractivity contribution >= 4 is 29.2 Å². The maximum Gasteiger partial charge on any atom is 0.321 e. The summed E-state index contributed by atoms with van der Waals surface area (Å²) in [5.74, 6) is -0.236. The molecule has 3 rings (SSSR count). The molecule has 1 saturated heterocycles. The van der Waals surface area contributed by atoms with E-state index in [4.69, 9.17) is 11.6 Å². The van der Waals surface area contributed by atoms with Gasteiger partial charge in [0, 0.05) is 30.3 Å². The number of carbonyl (C=O) groups is 2. The van der Waals surface area contributed by atoms with Crippen LogP contribution < -0.4 is 10.6 Å². The van der Waals surface area contributed by atoms with Crippen LogP contribution in [0.3, 0.4) is 0 Å². The molecule has 0 saturated carbocycles. The van der Waals surface area contributed by atoms with E-state index in [1.807, 2.05) is 73.6 Å². The van der Waals surface area contributed by atoms with Crippen LogP contribution >= 0.6 is 11.6 Å². The van der Waals surface area contributed by atoms with E-state index < -0.39 is 0 Å². The predicted molar refractivity (Wildman–Crippen MR) is 121 cm³/mol. The van der Waals surface area contributed by atoms with Gasteiger partial charge in [0.1, 0.15) is 0 Å². The molecule has 2 unspecified atom stereocenters. The fraction of sp³-hybridized carbons (Fsp3) is 0.391. The number of nitrogens with one attached hydrogen (secondary N) is 2. The predicted octanol–water partition coefficient (Wildman–Crippen LogP) is 4.00. The molecule has 6 nitrogen and oxygen atoms in total. The number of hydrogen-bond acceptors (Lipinski definition) is 3. The van der Waals surface area contributed by atoms with Crippen LogP contribution in [-0.4, -0.2) is 55.5 Å². The van der Waals surface area contributed by atoms with Gasteiger partial charge < -0.3 is 20.4 Å². The van der Waals surface area contributed by atoms with E-state index in [0.717, 1.165) is 24.1 Å². The lowest BCUT2D eigenvalue weighted by molar-refractivity contribution is -0.126. The van der Waals surface area contributed by atoms with Crippen molar-refractivity contribution < 1.29 is 9.59 Å². The number of piperidine rings is 1. The molecule has 7 heteroatoms. The first-order chi connectivity index (χ1) is 14.5. The largest absolute Gasteiger partial charge is 0.354 e. The molecule has 0 spiro atoms. The monoisotopic (exact) mass is 428 g/mol. The maximum absolute atomic E-state index is 12.8. The van der Waals surface area contributed by atoms with Crippen molar-refractivity contribution in [1.82, 2.24) is 15.1 Å². The Hall–Kier alpha value is -2.57. The lowest BCUT2D eigenvalue weighted by Crippen LogP contribution is -2.47. The van der Waals surface area contributed by atoms with E-state index in [9.17, 15) is 9.59 Å². The number of nitrogens with zero attached hydrogens (tertiary/aromatic N) is 2. The van der Waals surface area contributed by atoms with Gasteiger partial charge in [-0.05, 0) is 50.7 Å². The van der Waals surface area contributed by atoms with Gasteiger partial charge in [-0.3, -0.25) is 4.79 Å². The third-order valence-electron chi connectivity index (χ3n) is 5.46. The summed E-state index contributed by atoms with van der Waals surface area (Å²) in [6.45, 7) is 1.54. The van der Waals surface area contributed by atoms with Crippen LogP contribution in [0.15, 0.2) is 54.6 Å². The van der Waals surface area contributed by atoms with Gasteiger partial charge in [-0.15, -0.1) is 0 Å². The molecule has 2 aromatic carbocycles. The average Bonchev–Trinajstić information content (AvgIpc) is 2.75. The van der Waals surface area contributed by atoms with Crippen molar-refractivity contribution in [2.45, 2.75) is 18.9 Å². The number of benzene rings is 2. The van der Waals surface area contributed by atoms with Crippen molar-refractivity contribution in [3.05, 3.63) is 65.2 Å². The van der Waals surface area contributed by atoms with Crippen molar-refractivity contribution in [3.63, 3.8) is 0 Å². The number of amides is 3.